The van der Waals surface area contributed by atoms with Gasteiger partial charge in [-0.1, -0.05) is 36.4 Å². The fourth-order valence-electron chi connectivity index (χ4n) is 1.78. The fourth-order valence-corrected chi connectivity index (χ4v) is 1.78. The van der Waals surface area contributed by atoms with Crippen LogP contribution in [-0.2, 0) is 0 Å². The molecule has 144 valence electrons. The van der Waals surface area contributed by atoms with E-state index in [-0.39, 0.29) is 83.4 Å². The first-order valence-corrected chi connectivity index (χ1v) is 7.37. The molecule has 0 atom stereocenters. The minimum atomic E-state index is 0. The van der Waals surface area contributed by atoms with E-state index in [1.54, 1.807) is 24.3 Å². The summed E-state index contributed by atoms with van der Waals surface area (Å²) in [6.45, 7) is 3.03. The maximum absolute atomic E-state index is 9.37. The van der Waals surface area contributed by atoms with Crippen LogP contribution in [0.5, 0.6) is 0 Å². The number of hydrogen-bond acceptors (Lipinski definition) is 4. The molecule has 0 spiro atoms. The van der Waals surface area contributed by atoms with Gasteiger partial charge in [0.25, 0.3) is 0 Å². The van der Waals surface area contributed by atoms with Gasteiger partial charge in [-0.15, -0.1) is 0 Å². The number of benzene rings is 2. The zero-order valence-electron chi connectivity index (χ0n) is 15.0. The average molecular weight is 512 g/mol. The smallest absolute Gasteiger partial charge is 0.870 e. The van der Waals surface area contributed by atoms with Gasteiger partial charge < -0.3 is 21.2 Å². The van der Waals surface area contributed by atoms with Crippen LogP contribution in [0, 0.1) is 49.4 Å². The van der Waals surface area contributed by atoms with Gasteiger partial charge in [0.2, 0.25) is 0 Å². The summed E-state index contributed by atoms with van der Waals surface area (Å²) in [7, 11) is 0. The van der Waals surface area contributed by atoms with Gasteiger partial charge in [0.05, 0.1) is 34.8 Å². The molecule has 0 saturated carbocycles. The van der Waals surface area contributed by atoms with Crippen LogP contribution in [0.15, 0.2) is 84.3 Å². The van der Waals surface area contributed by atoms with E-state index in [0.29, 0.717) is 11.1 Å². The Kier molecular flexibility index (Phi) is 18.4. The normalized spacial score (nSPS) is 10.0. The van der Waals surface area contributed by atoms with Crippen LogP contribution >= 0.6 is 0 Å². The number of allylic oxidation sites excluding steroid dienone is 4. The molecule has 0 bridgehead atoms. The molecule has 7 heteroatoms. The van der Waals surface area contributed by atoms with Gasteiger partial charge in [-0.05, 0) is 38.1 Å². The average Bonchev–Trinajstić information content (AvgIpc) is 2.56. The van der Waals surface area contributed by atoms with Gasteiger partial charge in [-0.3, -0.25) is 9.59 Å². The Morgan fingerprint density at radius 3 is 1.15 bits per heavy atom. The van der Waals surface area contributed by atoms with Crippen LogP contribution in [0.1, 0.15) is 25.0 Å². The van der Waals surface area contributed by atoms with Gasteiger partial charge in [0.15, 0.2) is 0 Å². The molecule has 0 aliphatic carbocycles. The SMILES string of the molecule is C/C(O)=C/C(=[OH+])c1ccccc1.C/C(O)=C/C(=[OH+])c1ccccc1.[Eu+3].[OH-].[OH-]. The van der Waals surface area contributed by atoms with Crippen LogP contribution in [0.2, 0.25) is 0 Å². The van der Waals surface area contributed by atoms with E-state index in [2.05, 4.69) is 0 Å². The number of aliphatic hydroxyl groups excluding tert-OH is 2. The summed E-state index contributed by atoms with van der Waals surface area (Å²) in [4.78, 5) is 18.7. The largest absolute Gasteiger partial charge is 3.00 e. The molecule has 0 fully saturated rings. The van der Waals surface area contributed by atoms with Crippen LogP contribution < -0.4 is 0 Å². The van der Waals surface area contributed by atoms with Gasteiger partial charge in [0.1, 0.15) is 0 Å². The third-order valence-electron chi connectivity index (χ3n) is 2.83. The molecular weight excluding hydrogens is 488 g/mol. The van der Waals surface area contributed by atoms with Crippen molar-refractivity contribution in [3.8, 4) is 0 Å². The van der Waals surface area contributed by atoms with E-state index >= 15 is 0 Å². The molecule has 27 heavy (non-hydrogen) atoms. The van der Waals surface area contributed by atoms with Gasteiger partial charge in [-0.2, -0.15) is 0 Å². The molecule has 0 radical (unpaired) electrons. The van der Waals surface area contributed by atoms with Gasteiger partial charge in [0, 0.05) is 0 Å². The Labute approximate surface area is 199 Å². The third kappa shape index (κ3) is 13.2. The Morgan fingerprint density at radius 1 is 0.667 bits per heavy atom. The van der Waals surface area contributed by atoms with E-state index < -0.39 is 0 Å². The van der Waals surface area contributed by atoms with Crippen LogP contribution in [0.4, 0.5) is 0 Å². The second-order valence-corrected chi connectivity index (χ2v) is 5.07. The quantitative estimate of drug-likeness (QED) is 0.278. The number of rotatable bonds is 4. The van der Waals surface area contributed by atoms with Gasteiger partial charge in [-0.25, -0.2) is 0 Å². The molecular formula is C20H24EuO6+3. The first-order valence-electron chi connectivity index (χ1n) is 7.37. The molecule has 2 aromatic rings. The molecule has 0 aliphatic rings. The van der Waals surface area contributed by atoms with Crippen LogP contribution in [0.3, 0.4) is 0 Å². The van der Waals surface area contributed by atoms with Crippen molar-refractivity contribution in [1.82, 2.24) is 0 Å². The summed E-state index contributed by atoms with van der Waals surface area (Å²) in [6, 6.07) is 18.1. The topological polar surface area (TPSA) is 143 Å². The van der Waals surface area contributed by atoms with Crippen molar-refractivity contribution in [2.75, 3.05) is 0 Å². The molecule has 0 amide bonds. The molecule has 6 N–H and O–H groups in total. The van der Waals surface area contributed by atoms with E-state index in [9.17, 15) is 9.59 Å². The fraction of sp³-hybridized carbons (Fsp3) is 0.100. The predicted octanol–water partition coefficient (Wildman–Crippen LogP) is 3.73. The van der Waals surface area contributed by atoms with Crippen molar-refractivity contribution in [3.63, 3.8) is 0 Å². The van der Waals surface area contributed by atoms with Crippen LogP contribution in [0.25, 0.3) is 0 Å². The maximum Gasteiger partial charge on any atom is 3.00 e. The first-order chi connectivity index (χ1) is 11.4. The molecule has 0 saturated heterocycles. The summed E-state index contributed by atoms with van der Waals surface area (Å²) in [6.07, 6.45) is 2.63. The van der Waals surface area contributed by atoms with Crippen molar-refractivity contribution in [1.29, 1.82) is 0 Å². The summed E-state index contributed by atoms with van der Waals surface area (Å²) < 4.78 is 0. The second-order valence-electron chi connectivity index (χ2n) is 5.07. The molecule has 2 aromatic carbocycles. The van der Waals surface area contributed by atoms with Crippen molar-refractivity contribution in [2.45, 2.75) is 13.8 Å². The van der Waals surface area contributed by atoms with E-state index in [1.165, 1.54) is 26.0 Å². The summed E-state index contributed by atoms with van der Waals surface area (Å²) in [5.74, 6) is 0.346. The monoisotopic (exact) mass is 513 g/mol. The third-order valence-corrected chi connectivity index (χ3v) is 2.83. The summed E-state index contributed by atoms with van der Waals surface area (Å²) in [5.41, 5.74) is 1.40. The number of hydrogen-bond donors (Lipinski definition) is 2. The predicted molar refractivity (Wildman–Crippen MR) is 102 cm³/mol. The first kappa shape index (κ1) is 30.1. The maximum atomic E-state index is 9.37. The standard InChI is InChI=1S/2C10H10O2.Eu.2H2O/c2*1-8(11)7-10(12)9-5-3-2-4-6-9;;;/h2*2-7,11H,1H3;;2*1H2/q;;+3;;/b2*8-7-;;;. The summed E-state index contributed by atoms with van der Waals surface area (Å²) >= 11 is 0. The number of carbonyl (C=O) groups excluding carboxylic acids is 2. The molecule has 0 unspecified atom stereocenters. The van der Waals surface area contributed by atoms with Gasteiger partial charge >= 0.3 is 60.9 Å². The number of ketones is 2. The summed E-state index contributed by atoms with van der Waals surface area (Å²) in [5, 5.41) is 17.7. The number of aliphatic hydroxyl groups is 2. The van der Waals surface area contributed by atoms with Crippen LogP contribution in [-0.4, -0.2) is 42.3 Å². The zero-order valence-corrected chi connectivity index (χ0v) is 17.4. The van der Waals surface area contributed by atoms with Crippen molar-refractivity contribution in [3.05, 3.63) is 95.5 Å². The van der Waals surface area contributed by atoms with E-state index in [4.69, 9.17) is 10.2 Å². The molecule has 0 aliphatic heterocycles. The van der Waals surface area contributed by atoms with E-state index in [1.807, 2.05) is 36.4 Å². The Bertz CT molecular complexity index is 666. The second kappa shape index (κ2) is 16.5. The minimum absolute atomic E-state index is 0. The Morgan fingerprint density at radius 2 is 0.926 bits per heavy atom. The zero-order chi connectivity index (χ0) is 17.9. The van der Waals surface area contributed by atoms with Crippen molar-refractivity contribution in [2.24, 2.45) is 0 Å². The Balaban J connectivity index is -0.000000384. The van der Waals surface area contributed by atoms with Crippen molar-refractivity contribution < 1.29 is 80.1 Å². The van der Waals surface area contributed by atoms with E-state index in [0.717, 1.165) is 0 Å². The molecule has 0 heterocycles. The molecule has 2 rings (SSSR count). The van der Waals surface area contributed by atoms with Crippen molar-refractivity contribution >= 4 is 11.6 Å². The molecule has 0 aromatic heterocycles. The molecule has 6 nitrogen and oxygen atoms in total. The Hall–Kier alpha value is -1.64. The minimum Gasteiger partial charge on any atom is -0.870 e.